The zero-order valence-corrected chi connectivity index (χ0v) is 17.5. The number of nitrogens with zero attached hydrogens (tertiary/aromatic N) is 4. The van der Waals surface area contributed by atoms with E-state index in [0.717, 1.165) is 12.1 Å². The summed E-state index contributed by atoms with van der Waals surface area (Å²) in [6.45, 7) is 3.05. The molecule has 0 fully saturated rings. The van der Waals surface area contributed by atoms with Gasteiger partial charge in [-0.05, 0) is 25.5 Å². The lowest BCUT2D eigenvalue weighted by Crippen LogP contribution is -2.18. The summed E-state index contributed by atoms with van der Waals surface area (Å²) in [5.41, 5.74) is 2.28. The maximum Gasteiger partial charge on any atom is 0.282 e. The van der Waals surface area contributed by atoms with Crippen LogP contribution in [0, 0.1) is 6.92 Å². The Balaban J connectivity index is 1.79. The van der Waals surface area contributed by atoms with E-state index in [0.29, 0.717) is 40.8 Å². The maximum atomic E-state index is 13.1. The number of benzene rings is 1. The largest absolute Gasteiger partial charge is 0.385 e. The van der Waals surface area contributed by atoms with Crippen LogP contribution in [-0.2, 0) is 11.3 Å². The minimum absolute atomic E-state index is 0.267. The molecule has 1 N–H and O–H groups in total. The van der Waals surface area contributed by atoms with Crippen LogP contribution in [0.25, 0.3) is 16.9 Å². The SMILES string of the molecule is COCCCn1cc(C(=O)Nc2nc(C)cs2)c2nn(-c3ccccc3)c(=O)c-2c1. The molecule has 0 unspecified atom stereocenters. The molecule has 1 aromatic heterocycles. The molecule has 0 bridgehead atoms. The molecule has 0 saturated heterocycles. The highest BCUT2D eigenvalue weighted by Crippen LogP contribution is 2.24. The van der Waals surface area contributed by atoms with Crippen LogP contribution in [0.5, 0.6) is 0 Å². The monoisotopic (exact) mass is 423 g/mol. The van der Waals surface area contributed by atoms with E-state index in [-0.39, 0.29) is 11.5 Å². The lowest BCUT2D eigenvalue weighted by molar-refractivity contribution is 0.102. The number of aromatic nitrogens is 4. The Morgan fingerprint density at radius 1 is 1.23 bits per heavy atom. The van der Waals surface area contributed by atoms with Gasteiger partial charge >= 0.3 is 0 Å². The van der Waals surface area contributed by atoms with Gasteiger partial charge in [0, 0.05) is 38.0 Å². The van der Waals surface area contributed by atoms with Crippen LogP contribution in [0.15, 0.2) is 52.9 Å². The van der Waals surface area contributed by atoms with E-state index in [1.165, 1.54) is 16.0 Å². The van der Waals surface area contributed by atoms with E-state index in [2.05, 4.69) is 15.4 Å². The second-order valence-electron chi connectivity index (χ2n) is 6.82. The highest BCUT2D eigenvalue weighted by atomic mass is 32.1. The van der Waals surface area contributed by atoms with Gasteiger partial charge in [-0.25, -0.2) is 4.98 Å². The number of para-hydroxylation sites is 1. The summed E-state index contributed by atoms with van der Waals surface area (Å²) < 4.78 is 8.28. The van der Waals surface area contributed by atoms with Gasteiger partial charge in [-0.15, -0.1) is 11.3 Å². The van der Waals surface area contributed by atoms with Crippen molar-refractivity contribution in [1.29, 1.82) is 0 Å². The molecule has 154 valence electrons. The highest BCUT2D eigenvalue weighted by molar-refractivity contribution is 7.13. The molecule has 2 aliphatic rings. The Hall–Kier alpha value is -3.30. The highest BCUT2D eigenvalue weighted by Gasteiger charge is 2.25. The molecular formula is C21H21N5O3S. The van der Waals surface area contributed by atoms with Gasteiger partial charge in [0.1, 0.15) is 5.69 Å². The molecule has 0 aliphatic carbocycles. The normalized spacial score (nSPS) is 11.1. The summed E-state index contributed by atoms with van der Waals surface area (Å²) in [6.07, 6.45) is 4.21. The van der Waals surface area contributed by atoms with Crippen molar-refractivity contribution in [3.63, 3.8) is 0 Å². The van der Waals surface area contributed by atoms with Crippen LogP contribution in [-0.4, -0.2) is 39.0 Å². The third-order valence-electron chi connectivity index (χ3n) is 4.57. The summed E-state index contributed by atoms with van der Waals surface area (Å²) in [5.74, 6) is -0.354. The number of nitrogens with one attached hydrogen (secondary N) is 1. The number of carbonyl (C=O) groups is 1. The zero-order valence-electron chi connectivity index (χ0n) is 16.7. The molecule has 1 amide bonds. The van der Waals surface area contributed by atoms with Crippen molar-refractivity contribution in [1.82, 2.24) is 19.3 Å². The first-order chi connectivity index (χ1) is 14.6. The first-order valence-electron chi connectivity index (χ1n) is 9.47. The van der Waals surface area contributed by atoms with Crippen molar-refractivity contribution in [2.45, 2.75) is 19.9 Å². The van der Waals surface area contributed by atoms with E-state index in [1.54, 1.807) is 31.6 Å². The molecular weight excluding hydrogens is 402 g/mol. The summed E-state index contributed by atoms with van der Waals surface area (Å²) >= 11 is 1.35. The number of methoxy groups -OCH3 is 1. The number of anilines is 1. The minimum atomic E-state index is -0.354. The number of carbonyl (C=O) groups excluding carboxylic acids is 1. The Bertz CT molecular complexity index is 1200. The van der Waals surface area contributed by atoms with Crippen molar-refractivity contribution in [2.24, 2.45) is 0 Å². The molecule has 0 atom stereocenters. The topological polar surface area (TPSA) is 91.0 Å². The van der Waals surface area contributed by atoms with Crippen molar-refractivity contribution in [3.8, 4) is 16.9 Å². The van der Waals surface area contributed by atoms with Gasteiger partial charge in [0.15, 0.2) is 5.13 Å². The number of amides is 1. The Morgan fingerprint density at radius 2 is 2.03 bits per heavy atom. The Kier molecular flexibility index (Phi) is 5.73. The number of thiazole rings is 1. The van der Waals surface area contributed by atoms with E-state index in [4.69, 9.17) is 4.74 Å². The van der Waals surface area contributed by atoms with Crippen LogP contribution in [0.4, 0.5) is 5.13 Å². The van der Waals surface area contributed by atoms with Crippen LogP contribution in [0.1, 0.15) is 22.5 Å². The van der Waals surface area contributed by atoms with Gasteiger partial charge in [0.25, 0.3) is 11.5 Å². The Labute approximate surface area is 177 Å². The molecule has 9 heteroatoms. The molecule has 1 aromatic carbocycles. The van der Waals surface area contributed by atoms with Crippen molar-refractivity contribution < 1.29 is 9.53 Å². The van der Waals surface area contributed by atoms with Gasteiger partial charge < -0.3 is 9.30 Å². The molecule has 0 spiro atoms. The summed E-state index contributed by atoms with van der Waals surface area (Å²) in [7, 11) is 1.64. The van der Waals surface area contributed by atoms with Crippen LogP contribution < -0.4 is 10.9 Å². The van der Waals surface area contributed by atoms with Crippen molar-refractivity contribution in [3.05, 3.63) is 69.7 Å². The van der Waals surface area contributed by atoms with E-state index in [9.17, 15) is 9.59 Å². The molecule has 3 heterocycles. The number of hydrogen-bond acceptors (Lipinski definition) is 6. The fourth-order valence-corrected chi connectivity index (χ4v) is 3.85. The predicted molar refractivity (Wildman–Crippen MR) is 116 cm³/mol. The maximum absolute atomic E-state index is 13.1. The third-order valence-corrected chi connectivity index (χ3v) is 5.45. The summed E-state index contributed by atoms with van der Waals surface area (Å²) in [6, 6.07) is 9.15. The summed E-state index contributed by atoms with van der Waals surface area (Å²) in [5, 5.41) is 9.66. The standard InChI is InChI=1S/C21H21N5O3S/c1-14-13-30-21(22-14)23-19(27)16-11-25(9-6-10-29-2)12-17-18(16)24-26(20(17)28)15-7-4-3-5-8-15/h3-5,7-8,11-13H,6,9-10H2,1-2H3,(H,22,23,27). The molecule has 0 saturated carbocycles. The zero-order chi connectivity index (χ0) is 21.1. The minimum Gasteiger partial charge on any atom is -0.385 e. The number of aryl methyl sites for hydroxylation is 2. The average Bonchev–Trinajstić information content (AvgIpc) is 3.31. The molecule has 8 nitrogen and oxygen atoms in total. The third kappa shape index (κ3) is 4.03. The predicted octanol–water partition coefficient (Wildman–Crippen LogP) is 3.19. The van der Waals surface area contributed by atoms with Gasteiger partial charge in [-0.3, -0.25) is 14.9 Å². The quantitative estimate of drug-likeness (QED) is 0.461. The van der Waals surface area contributed by atoms with Crippen LogP contribution >= 0.6 is 11.3 Å². The molecule has 2 aromatic rings. The van der Waals surface area contributed by atoms with Gasteiger partial charge in [0.2, 0.25) is 0 Å². The van der Waals surface area contributed by atoms with Crippen molar-refractivity contribution in [2.75, 3.05) is 19.0 Å². The number of rotatable bonds is 7. The lowest BCUT2D eigenvalue weighted by Gasteiger charge is -2.12. The number of ether oxygens (including phenoxy) is 1. The van der Waals surface area contributed by atoms with Gasteiger partial charge in [-0.2, -0.15) is 9.78 Å². The van der Waals surface area contributed by atoms with E-state index >= 15 is 0 Å². The fourth-order valence-electron chi connectivity index (χ4n) is 3.17. The number of hydrogen-bond donors (Lipinski definition) is 1. The van der Waals surface area contributed by atoms with E-state index in [1.807, 2.05) is 35.1 Å². The molecule has 4 rings (SSSR count). The molecule has 0 radical (unpaired) electrons. The van der Waals surface area contributed by atoms with Crippen LogP contribution in [0.3, 0.4) is 0 Å². The fraction of sp³-hybridized carbons (Fsp3) is 0.238. The second-order valence-corrected chi connectivity index (χ2v) is 7.68. The van der Waals surface area contributed by atoms with Crippen molar-refractivity contribution >= 4 is 22.4 Å². The average molecular weight is 423 g/mol. The first-order valence-corrected chi connectivity index (χ1v) is 10.4. The lowest BCUT2D eigenvalue weighted by atomic mass is 10.1. The molecule has 2 aliphatic heterocycles. The summed E-state index contributed by atoms with van der Waals surface area (Å²) in [4.78, 5) is 30.4. The number of pyridine rings is 1. The smallest absolute Gasteiger partial charge is 0.282 e. The van der Waals surface area contributed by atoms with Gasteiger partial charge in [-0.1, -0.05) is 18.2 Å². The van der Waals surface area contributed by atoms with E-state index < -0.39 is 0 Å². The molecule has 30 heavy (non-hydrogen) atoms. The first kappa shape index (κ1) is 20.0. The van der Waals surface area contributed by atoms with Gasteiger partial charge in [0.05, 0.1) is 22.5 Å². The Morgan fingerprint density at radius 3 is 2.73 bits per heavy atom. The number of fused-ring (bicyclic) bond motifs is 1. The van der Waals surface area contributed by atoms with Crippen LogP contribution in [0.2, 0.25) is 0 Å². The second kappa shape index (κ2) is 8.60.